The van der Waals surface area contributed by atoms with Gasteiger partial charge >= 0.3 is 0 Å². The fourth-order valence-electron chi connectivity index (χ4n) is 5.87. The number of likely N-dealkylation sites (tertiary alicyclic amines) is 1. The molecule has 0 radical (unpaired) electrons. The highest BCUT2D eigenvalue weighted by molar-refractivity contribution is 6.31. The topological polar surface area (TPSA) is 59.7 Å². The monoisotopic (exact) mass is 578 g/mol. The normalized spacial score (nSPS) is 14.6. The Morgan fingerprint density at radius 1 is 0.976 bits per heavy atom. The van der Waals surface area contributed by atoms with Gasteiger partial charge in [-0.1, -0.05) is 78.8 Å². The van der Waals surface area contributed by atoms with Crippen LogP contribution in [0, 0.1) is 0 Å². The smallest absolute Gasteiger partial charge is 0.143 e. The van der Waals surface area contributed by atoms with E-state index in [4.69, 9.17) is 16.6 Å². The molecule has 0 bridgehead atoms. The van der Waals surface area contributed by atoms with Crippen molar-refractivity contribution >= 4 is 11.6 Å². The van der Waals surface area contributed by atoms with E-state index < -0.39 is 6.67 Å². The first-order valence-electron chi connectivity index (χ1n) is 14.2. The molecule has 6 rings (SSSR count). The average molecular weight is 579 g/mol. The van der Waals surface area contributed by atoms with Crippen LogP contribution >= 0.6 is 11.6 Å². The van der Waals surface area contributed by atoms with Crippen molar-refractivity contribution in [3.63, 3.8) is 0 Å². The molecule has 2 aromatic heterocycles. The van der Waals surface area contributed by atoms with Crippen LogP contribution in [0.15, 0.2) is 110 Å². The number of nitrogens with zero attached hydrogens (tertiary/aromatic N) is 6. The zero-order chi connectivity index (χ0) is 28.9. The molecule has 42 heavy (non-hydrogen) atoms. The van der Waals surface area contributed by atoms with Crippen molar-refractivity contribution in [1.82, 2.24) is 30.1 Å². The number of halogens is 2. The minimum absolute atomic E-state index is 0.0751. The molecule has 8 heteroatoms. The first kappa shape index (κ1) is 27.8. The lowest BCUT2D eigenvalue weighted by molar-refractivity contribution is 0.246. The summed E-state index contributed by atoms with van der Waals surface area (Å²) in [6.07, 6.45) is 6.28. The van der Waals surface area contributed by atoms with E-state index in [1.165, 1.54) is 16.7 Å². The van der Waals surface area contributed by atoms with Gasteiger partial charge in [0, 0.05) is 52.7 Å². The molecule has 0 N–H and O–H groups in total. The van der Waals surface area contributed by atoms with Gasteiger partial charge in [0.2, 0.25) is 0 Å². The molecule has 0 spiro atoms. The third kappa shape index (κ3) is 6.11. The van der Waals surface area contributed by atoms with Crippen molar-refractivity contribution < 1.29 is 4.39 Å². The third-order valence-electron chi connectivity index (χ3n) is 8.17. The third-order valence-corrected chi connectivity index (χ3v) is 8.41. The standard InChI is InChI=1S/C34H32ClFN6/c1-24(21-36)41-16-14-26(15-17-41)27-8-5-9-28(19-27)31(18-25-6-3-2-4-7-25)33-12-10-29(22-37-33)32-20-30(35)11-13-34(32)42-23-38-39-40-42/h2-13,19-20,22-23,26,31H,1,14-18,21H2/t31-/m0/s1. The molecule has 1 aliphatic rings. The van der Waals surface area contributed by atoms with Crippen LogP contribution in [0.2, 0.25) is 5.02 Å². The van der Waals surface area contributed by atoms with Crippen LogP contribution in [0.1, 0.15) is 47.1 Å². The van der Waals surface area contributed by atoms with Gasteiger partial charge in [-0.05, 0) is 76.6 Å². The molecule has 1 aliphatic heterocycles. The minimum atomic E-state index is -0.483. The number of hydrogen-bond acceptors (Lipinski definition) is 5. The van der Waals surface area contributed by atoms with Gasteiger partial charge in [0.1, 0.15) is 13.0 Å². The number of pyridine rings is 1. The Morgan fingerprint density at radius 2 is 1.81 bits per heavy atom. The Morgan fingerprint density at radius 3 is 2.52 bits per heavy atom. The fraction of sp³-hybridized carbons (Fsp3) is 0.235. The van der Waals surface area contributed by atoms with Gasteiger partial charge in [0.25, 0.3) is 0 Å². The molecule has 1 fully saturated rings. The maximum absolute atomic E-state index is 13.1. The van der Waals surface area contributed by atoms with Gasteiger partial charge in [-0.2, -0.15) is 4.68 Å². The Balaban J connectivity index is 1.31. The molecule has 3 aromatic carbocycles. The molecule has 212 valence electrons. The Labute approximate surface area is 250 Å². The van der Waals surface area contributed by atoms with E-state index in [0.717, 1.165) is 54.9 Å². The first-order chi connectivity index (χ1) is 20.6. The van der Waals surface area contributed by atoms with Crippen LogP contribution in [0.3, 0.4) is 0 Å². The fourth-order valence-corrected chi connectivity index (χ4v) is 6.04. The summed E-state index contributed by atoms with van der Waals surface area (Å²) < 4.78 is 14.8. The Kier molecular flexibility index (Phi) is 8.38. The second-order valence-corrected chi connectivity index (χ2v) is 11.2. The van der Waals surface area contributed by atoms with Gasteiger partial charge in [-0.25, -0.2) is 4.39 Å². The lowest BCUT2D eigenvalue weighted by Gasteiger charge is -2.34. The van der Waals surface area contributed by atoms with Gasteiger partial charge < -0.3 is 4.90 Å². The van der Waals surface area contributed by atoms with E-state index in [1.807, 2.05) is 30.5 Å². The number of allylic oxidation sites excluding steroid dienone is 1. The number of rotatable bonds is 9. The number of benzene rings is 3. The summed E-state index contributed by atoms with van der Waals surface area (Å²) in [6, 6.07) is 29.3. The summed E-state index contributed by atoms with van der Waals surface area (Å²) in [6.45, 7) is 5.07. The molecule has 6 nitrogen and oxygen atoms in total. The Bertz CT molecular complexity index is 1630. The zero-order valence-corrected chi connectivity index (χ0v) is 24.0. The van der Waals surface area contributed by atoms with Crippen molar-refractivity contribution in [2.45, 2.75) is 31.1 Å². The maximum Gasteiger partial charge on any atom is 0.143 e. The second-order valence-electron chi connectivity index (χ2n) is 10.8. The summed E-state index contributed by atoms with van der Waals surface area (Å²) in [7, 11) is 0. The number of alkyl halides is 1. The van der Waals surface area contributed by atoms with Gasteiger partial charge in [0.15, 0.2) is 0 Å². The largest absolute Gasteiger partial charge is 0.373 e. The molecular weight excluding hydrogens is 547 g/mol. The maximum atomic E-state index is 13.1. The summed E-state index contributed by atoms with van der Waals surface area (Å²) in [5.74, 6) is 0.514. The zero-order valence-electron chi connectivity index (χ0n) is 23.3. The van der Waals surface area contributed by atoms with E-state index in [0.29, 0.717) is 16.6 Å². The number of piperidine rings is 1. The highest BCUT2D eigenvalue weighted by Crippen LogP contribution is 2.35. The summed E-state index contributed by atoms with van der Waals surface area (Å²) in [5, 5.41) is 12.3. The van der Waals surface area contributed by atoms with Crippen LogP contribution in [0.25, 0.3) is 16.8 Å². The predicted molar refractivity (Wildman–Crippen MR) is 164 cm³/mol. The summed E-state index contributed by atoms with van der Waals surface area (Å²) in [4.78, 5) is 7.08. The molecule has 1 atom stereocenters. The lowest BCUT2D eigenvalue weighted by atomic mass is 9.84. The van der Waals surface area contributed by atoms with Crippen molar-refractivity contribution in [3.8, 4) is 16.8 Å². The van der Waals surface area contributed by atoms with Crippen LogP contribution in [-0.4, -0.2) is 49.9 Å². The van der Waals surface area contributed by atoms with E-state index >= 15 is 0 Å². The minimum Gasteiger partial charge on any atom is -0.373 e. The van der Waals surface area contributed by atoms with E-state index in [-0.39, 0.29) is 5.92 Å². The quantitative estimate of drug-likeness (QED) is 0.182. The molecule has 1 saturated heterocycles. The van der Waals surface area contributed by atoms with E-state index in [2.05, 4.69) is 87.7 Å². The number of hydrogen-bond donors (Lipinski definition) is 0. The molecule has 0 unspecified atom stereocenters. The number of tetrazole rings is 1. The highest BCUT2D eigenvalue weighted by Gasteiger charge is 2.23. The van der Waals surface area contributed by atoms with Crippen molar-refractivity contribution in [3.05, 3.63) is 137 Å². The summed E-state index contributed by atoms with van der Waals surface area (Å²) >= 11 is 6.38. The van der Waals surface area contributed by atoms with Crippen molar-refractivity contribution in [2.75, 3.05) is 19.8 Å². The second kappa shape index (κ2) is 12.7. The van der Waals surface area contributed by atoms with Crippen LogP contribution in [-0.2, 0) is 6.42 Å². The predicted octanol–water partition coefficient (Wildman–Crippen LogP) is 7.41. The van der Waals surface area contributed by atoms with E-state index in [9.17, 15) is 4.39 Å². The molecule has 3 heterocycles. The van der Waals surface area contributed by atoms with Crippen LogP contribution in [0.4, 0.5) is 4.39 Å². The average Bonchev–Trinajstić information content (AvgIpc) is 3.59. The summed E-state index contributed by atoms with van der Waals surface area (Å²) in [5.41, 5.74) is 8.07. The van der Waals surface area contributed by atoms with Crippen LogP contribution in [0.5, 0.6) is 0 Å². The van der Waals surface area contributed by atoms with E-state index in [1.54, 1.807) is 11.0 Å². The molecule has 0 amide bonds. The molecule has 0 aliphatic carbocycles. The van der Waals surface area contributed by atoms with Gasteiger partial charge in [-0.3, -0.25) is 4.98 Å². The number of aromatic nitrogens is 5. The van der Waals surface area contributed by atoms with Crippen molar-refractivity contribution in [2.24, 2.45) is 0 Å². The van der Waals surface area contributed by atoms with Gasteiger partial charge in [0.05, 0.1) is 5.69 Å². The van der Waals surface area contributed by atoms with Crippen LogP contribution < -0.4 is 0 Å². The highest BCUT2D eigenvalue weighted by atomic mass is 35.5. The molecular formula is C34H32ClFN6. The van der Waals surface area contributed by atoms with Gasteiger partial charge in [-0.15, -0.1) is 5.10 Å². The first-order valence-corrected chi connectivity index (χ1v) is 14.6. The SMILES string of the molecule is C=C(CF)N1CCC(c2cccc([C@H](Cc3ccccc3)c3ccc(-c4cc(Cl)ccc4-n4cnnn4)cn3)c2)CC1. The Hall–Kier alpha value is -4.36. The van der Waals surface area contributed by atoms with Crippen molar-refractivity contribution in [1.29, 1.82) is 0 Å². The molecule has 0 saturated carbocycles. The molecule has 5 aromatic rings. The lowest BCUT2D eigenvalue weighted by Crippen LogP contribution is -2.32.